The molecule has 0 fully saturated rings. The Kier molecular flexibility index (Phi) is 7.52. The van der Waals surface area contributed by atoms with E-state index in [0.717, 1.165) is 32.1 Å². The lowest BCUT2D eigenvalue weighted by Gasteiger charge is -2.35. The average molecular weight is 435 g/mol. The molecule has 1 atom stereocenters. The molecule has 0 aliphatic heterocycles. The molecular formula is C29H38OS. The van der Waals surface area contributed by atoms with E-state index < -0.39 is 0 Å². The first-order valence-electron chi connectivity index (χ1n) is 11.6. The van der Waals surface area contributed by atoms with Gasteiger partial charge in [0.05, 0.1) is 0 Å². The average Bonchev–Trinajstić information content (AvgIpc) is 2.72. The minimum atomic E-state index is -0.0593. The van der Waals surface area contributed by atoms with Gasteiger partial charge in [-0.3, -0.25) is 4.79 Å². The third kappa shape index (κ3) is 6.35. The molecular weight excluding hydrogens is 396 g/mol. The Balaban J connectivity index is 2.03. The van der Waals surface area contributed by atoms with Gasteiger partial charge in [0.1, 0.15) is 0 Å². The summed E-state index contributed by atoms with van der Waals surface area (Å²) in [5.74, 6) is 0.0189. The molecule has 31 heavy (non-hydrogen) atoms. The van der Waals surface area contributed by atoms with Crippen molar-refractivity contribution in [1.82, 2.24) is 0 Å². The van der Waals surface area contributed by atoms with Gasteiger partial charge >= 0.3 is 0 Å². The number of hydrogen-bond donors (Lipinski definition) is 0. The minimum Gasteiger partial charge on any atom is -0.287 e. The Morgan fingerprint density at radius 1 is 1.00 bits per heavy atom. The van der Waals surface area contributed by atoms with Gasteiger partial charge in [-0.25, -0.2) is 0 Å². The van der Waals surface area contributed by atoms with E-state index in [-0.39, 0.29) is 16.7 Å². The zero-order valence-electron chi connectivity index (χ0n) is 20.1. The van der Waals surface area contributed by atoms with Crippen molar-refractivity contribution in [3.63, 3.8) is 0 Å². The molecule has 0 saturated carbocycles. The summed E-state index contributed by atoms with van der Waals surface area (Å²) < 4.78 is 0. The van der Waals surface area contributed by atoms with Crippen LogP contribution in [-0.4, -0.2) is 5.12 Å². The quantitative estimate of drug-likeness (QED) is 0.461. The first-order chi connectivity index (χ1) is 14.6. The van der Waals surface area contributed by atoms with Gasteiger partial charge in [-0.1, -0.05) is 108 Å². The second-order valence-corrected chi connectivity index (χ2v) is 12.1. The maximum atomic E-state index is 13.8. The molecule has 0 spiro atoms. The van der Waals surface area contributed by atoms with Crippen molar-refractivity contribution in [2.75, 3.05) is 0 Å². The van der Waals surface area contributed by atoms with Crippen molar-refractivity contribution in [3.05, 3.63) is 76.3 Å². The van der Waals surface area contributed by atoms with Gasteiger partial charge in [0.15, 0.2) is 5.12 Å². The van der Waals surface area contributed by atoms with Gasteiger partial charge in [-0.2, -0.15) is 0 Å². The zero-order valence-corrected chi connectivity index (χ0v) is 20.9. The van der Waals surface area contributed by atoms with Crippen LogP contribution in [0.3, 0.4) is 0 Å². The first-order valence-corrected chi connectivity index (χ1v) is 12.4. The lowest BCUT2D eigenvalue weighted by molar-refractivity contribution is -0.118. The minimum absolute atomic E-state index is 0.0189. The summed E-state index contributed by atoms with van der Waals surface area (Å²) in [6.07, 6.45) is 14.1. The molecule has 0 amide bonds. The fourth-order valence-corrected chi connectivity index (χ4v) is 5.85. The summed E-state index contributed by atoms with van der Waals surface area (Å²) in [5, 5.41) is 0.311. The molecule has 0 radical (unpaired) electrons. The number of hydrogen-bond acceptors (Lipinski definition) is 2. The second kappa shape index (κ2) is 9.77. The topological polar surface area (TPSA) is 17.1 Å². The Bertz CT molecular complexity index is 914. The normalized spacial score (nSPS) is 18.5. The molecule has 1 unspecified atom stereocenters. The molecule has 1 aromatic carbocycles. The molecule has 0 saturated heterocycles. The fourth-order valence-electron chi connectivity index (χ4n) is 4.40. The summed E-state index contributed by atoms with van der Waals surface area (Å²) >= 11 is 1.51. The van der Waals surface area contributed by atoms with E-state index in [1.807, 2.05) is 0 Å². The molecule has 0 aromatic heterocycles. The molecule has 2 aliphatic carbocycles. The van der Waals surface area contributed by atoms with Crippen molar-refractivity contribution < 1.29 is 4.79 Å². The SMILES string of the molecule is CC(C)(C)CC(C(=O)SC1=C(C2=CC=CCC2)CCC=C1c1ccccc1)C(C)(C)C. The Labute approximate surface area is 193 Å². The van der Waals surface area contributed by atoms with Gasteiger partial charge < -0.3 is 0 Å². The van der Waals surface area contributed by atoms with Crippen LogP contribution in [0.4, 0.5) is 0 Å². The third-order valence-corrected chi connectivity index (χ3v) is 7.25. The van der Waals surface area contributed by atoms with Crippen molar-refractivity contribution in [2.45, 2.75) is 73.6 Å². The van der Waals surface area contributed by atoms with E-state index in [1.54, 1.807) is 0 Å². The third-order valence-electron chi connectivity index (χ3n) is 6.10. The summed E-state index contributed by atoms with van der Waals surface area (Å²) in [5.41, 5.74) is 5.29. The highest BCUT2D eigenvalue weighted by Crippen LogP contribution is 2.47. The second-order valence-electron chi connectivity index (χ2n) is 11.1. The predicted molar refractivity (Wildman–Crippen MR) is 137 cm³/mol. The highest BCUT2D eigenvalue weighted by molar-refractivity contribution is 8.17. The predicted octanol–water partition coefficient (Wildman–Crippen LogP) is 8.75. The molecule has 0 heterocycles. The first kappa shape index (κ1) is 23.9. The maximum absolute atomic E-state index is 13.8. The number of allylic oxidation sites excluding steroid dienone is 7. The highest BCUT2D eigenvalue weighted by atomic mass is 32.2. The van der Waals surface area contributed by atoms with Crippen molar-refractivity contribution in [3.8, 4) is 0 Å². The van der Waals surface area contributed by atoms with E-state index in [0.29, 0.717) is 5.12 Å². The van der Waals surface area contributed by atoms with E-state index in [1.165, 1.54) is 38.9 Å². The molecule has 0 N–H and O–H groups in total. The summed E-state index contributed by atoms with van der Waals surface area (Å²) in [6.45, 7) is 13.3. The largest absolute Gasteiger partial charge is 0.287 e. The smallest absolute Gasteiger partial charge is 0.197 e. The van der Waals surface area contributed by atoms with Crippen molar-refractivity contribution >= 4 is 22.5 Å². The molecule has 166 valence electrons. The molecule has 1 aromatic rings. The lowest BCUT2D eigenvalue weighted by Crippen LogP contribution is -2.31. The Hall–Kier alpha value is -1.80. The van der Waals surface area contributed by atoms with Crippen LogP contribution in [0, 0.1) is 16.7 Å². The van der Waals surface area contributed by atoms with Crippen LogP contribution in [0.5, 0.6) is 0 Å². The highest BCUT2D eigenvalue weighted by Gasteiger charge is 2.36. The summed E-state index contributed by atoms with van der Waals surface area (Å²) in [4.78, 5) is 15.0. The summed E-state index contributed by atoms with van der Waals surface area (Å²) in [7, 11) is 0. The van der Waals surface area contributed by atoms with E-state index in [2.05, 4.69) is 96.2 Å². The molecule has 0 bridgehead atoms. The standard InChI is InChI=1S/C29H38OS/c1-28(2,3)20-25(29(4,5)6)27(30)31-26-23(21-14-9-7-10-15-21)18-13-19-24(26)22-16-11-8-12-17-22/h7-11,14-16,18,25H,12-13,17,19-20H2,1-6H3. The monoisotopic (exact) mass is 434 g/mol. The van der Waals surface area contributed by atoms with Crippen LogP contribution in [0.2, 0.25) is 0 Å². The van der Waals surface area contributed by atoms with Crippen LogP contribution < -0.4 is 0 Å². The van der Waals surface area contributed by atoms with Crippen LogP contribution in [0.25, 0.3) is 5.57 Å². The van der Waals surface area contributed by atoms with E-state index >= 15 is 0 Å². The van der Waals surface area contributed by atoms with Gasteiger partial charge in [-0.15, -0.1) is 0 Å². The molecule has 3 rings (SSSR count). The fraction of sp³-hybridized carbons (Fsp3) is 0.483. The maximum Gasteiger partial charge on any atom is 0.197 e. The van der Waals surface area contributed by atoms with Crippen LogP contribution in [0.1, 0.15) is 79.2 Å². The number of benzene rings is 1. The van der Waals surface area contributed by atoms with Gasteiger partial charge in [0.2, 0.25) is 0 Å². The Morgan fingerprint density at radius 3 is 2.29 bits per heavy atom. The van der Waals surface area contributed by atoms with Gasteiger partial charge in [-0.05, 0) is 65.2 Å². The van der Waals surface area contributed by atoms with Gasteiger partial charge in [0.25, 0.3) is 0 Å². The van der Waals surface area contributed by atoms with Crippen LogP contribution in [0.15, 0.2) is 70.7 Å². The number of carbonyl (C=O) groups is 1. The number of carbonyl (C=O) groups excluding carboxylic acids is 1. The van der Waals surface area contributed by atoms with Crippen LogP contribution >= 0.6 is 11.8 Å². The number of thioether (sulfide) groups is 1. The molecule has 1 nitrogen and oxygen atoms in total. The molecule has 2 heteroatoms. The van der Waals surface area contributed by atoms with Gasteiger partial charge in [0, 0.05) is 10.8 Å². The van der Waals surface area contributed by atoms with E-state index in [4.69, 9.17) is 0 Å². The van der Waals surface area contributed by atoms with Crippen molar-refractivity contribution in [2.24, 2.45) is 16.7 Å². The van der Waals surface area contributed by atoms with Crippen molar-refractivity contribution in [1.29, 1.82) is 0 Å². The Morgan fingerprint density at radius 2 is 1.71 bits per heavy atom. The summed E-state index contributed by atoms with van der Waals surface area (Å²) in [6, 6.07) is 10.6. The lowest BCUT2D eigenvalue weighted by atomic mass is 9.73. The molecule has 2 aliphatic rings. The zero-order chi connectivity index (χ0) is 22.6. The van der Waals surface area contributed by atoms with E-state index in [9.17, 15) is 4.79 Å². The number of rotatable bonds is 5. The van der Waals surface area contributed by atoms with Crippen LogP contribution in [-0.2, 0) is 4.79 Å².